The molecule has 2 aromatic heterocycles. The van der Waals surface area contributed by atoms with Crippen molar-refractivity contribution in [3.8, 4) is 23.3 Å². The zero-order valence-electron chi connectivity index (χ0n) is 35.6. The summed E-state index contributed by atoms with van der Waals surface area (Å²) in [5.41, 5.74) is 3.45. The quantitative estimate of drug-likeness (QED) is 0.101. The van der Waals surface area contributed by atoms with Gasteiger partial charge in [0.25, 0.3) is 5.91 Å². The van der Waals surface area contributed by atoms with E-state index in [2.05, 4.69) is 26.9 Å². The third-order valence-electron chi connectivity index (χ3n) is 11.0. The number of halogens is 3. The number of hydrogen-bond acceptors (Lipinski definition) is 11. The number of anilines is 2. The van der Waals surface area contributed by atoms with E-state index in [1.807, 2.05) is 65.3 Å². The van der Waals surface area contributed by atoms with Crippen molar-refractivity contribution in [2.75, 3.05) is 50.9 Å². The molecule has 1 unspecified atom stereocenters. The zero-order chi connectivity index (χ0) is 44.5. The number of aromatic nitrogens is 4. The number of hydrogen-bond donors (Lipinski definition) is 0. The van der Waals surface area contributed by atoms with Crippen LogP contribution in [0.2, 0.25) is 0 Å². The Labute approximate surface area is 359 Å². The highest BCUT2D eigenvalue weighted by Crippen LogP contribution is 2.44. The standard InChI is InChI=1S/C45H48F3N7O6S/c1-8-10-31-21-32(54(24-29-11-15-33(59-5)16-12-29)25-30-13-17-34(60-6)18-14-30)22-35(40(31)45(46,47)48)39-23-37-36(27-61-39)42(50-44(49-37)62(7,57)58)53-19-9-20-55-38(26-53)28(2)41(51-55)43(56)52(3)4/h11-18,21-22,39H,9,19-20,23-27H2,1-7H3. The number of carbonyl (C=O) groups excluding carboxylic acids is 1. The van der Waals surface area contributed by atoms with Gasteiger partial charge in [0.2, 0.25) is 15.0 Å². The summed E-state index contributed by atoms with van der Waals surface area (Å²) >= 11 is 0. The number of nitrogens with zero attached hydrogens (tertiary/aromatic N) is 7. The SMILES string of the molecule is CC#Cc1cc(N(Cc2ccc(OC)cc2)Cc2ccc(OC)cc2)cc(C2Cc3nc(S(C)(=O)=O)nc(N4CCCn5nc(C(=O)N(C)C)c(C)c5C4)c3CO2)c1C(F)(F)F. The Morgan fingerprint density at radius 2 is 1.60 bits per heavy atom. The van der Waals surface area contributed by atoms with Crippen LogP contribution >= 0.6 is 0 Å². The van der Waals surface area contributed by atoms with Gasteiger partial charge in [-0.05, 0) is 73.4 Å². The second-order valence-electron chi connectivity index (χ2n) is 15.5. The highest BCUT2D eigenvalue weighted by molar-refractivity contribution is 7.90. The first-order chi connectivity index (χ1) is 29.5. The molecule has 0 radical (unpaired) electrons. The molecule has 0 spiro atoms. The molecule has 3 aromatic carbocycles. The van der Waals surface area contributed by atoms with Crippen molar-refractivity contribution in [3.05, 3.63) is 117 Å². The lowest BCUT2D eigenvalue weighted by atomic mass is 9.91. The molecule has 4 heterocycles. The van der Waals surface area contributed by atoms with Crippen LogP contribution in [0, 0.1) is 18.8 Å². The molecular weight excluding hydrogens is 824 g/mol. The molecule has 0 aliphatic carbocycles. The molecule has 2 aliphatic heterocycles. The number of carbonyl (C=O) groups is 1. The number of alkyl halides is 3. The summed E-state index contributed by atoms with van der Waals surface area (Å²) in [6.07, 6.45) is -4.61. The summed E-state index contributed by atoms with van der Waals surface area (Å²) in [7, 11) is 2.46. The number of benzene rings is 3. The molecule has 1 atom stereocenters. The van der Waals surface area contributed by atoms with E-state index in [9.17, 15) is 13.2 Å². The number of rotatable bonds is 11. The van der Waals surface area contributed by atoms with E-state index in [4.69, 9.17) is 14.2 Å². The van der Waals surface area contributed by atoms with Crippen LogP contribution in [0.15, 0.2) is 65.8 Å². The summed E-state index contributed by atoms with van der Waals surface area (Å²) in [5, 5.41) is 4.16. The maximum Gasteiger partial charge on any atom is 0.417 e. The Balaban J connectivity index is 1.33. The molecule has 5 aromatic rings. The lowest BCUT2D eigenvalue weighted by Gasteiger charge is -2.33. The number of amides is 1. The van der Waals surface area contributed by atoms with Crippen LogP contribution in [-0.2, 0) is 60.0 Å². The van der Waals surface area contributed by atoms with Crippen LogP contribution in [0.1, 0.15) is 80.3 Å². The number of sulfone groups is 1. The summed E-state index contributed by atoms with van der Waals surface area (Å²) in [6.45, 7) is 4.95. The van der Waals surface area contributed by atoms with Gasteiger partial charge in [-0.3, -0.25) is 9.48 Å². The van der Waals surface area contributed by atoms with E-state index in [0.29, 0.717) is 72.4 Å². The molecular formula is C45H48F3N7O6S. The summed E-state index contributed by atoms with van der Waals surface area (Å²) < 4.78 is 91.3. The summed E-state index contributed by atoms with van der Waals surface area (Å²) in [6, 6.07) is 17.9. The maximum absolute atomic E-state index is 15.4. The van der Waals surface area contributed by atoms with Gasteiger partial charge >= 0.3 is 6.18 Å². The largest absolute Gasteiger partial charge is 0.497 e. The van der Waals surface area contributed by atoms with E-state index in [1.54, 1.807) is 33.0 Å². The minimum absolute atomic E-state index is 0.152. The maximum atomic E-state index is 15.4. The highest BCUT2D eigenvalue weighted by atomic mass is 32.2. The minimum Gasteiger partial charge on any atom is -0.497 e. The first kappa shape index (κ1) is 44.0. The van der Waals surface area contributed by atoms with Gasteiger partial charge in [-0.2, -0.15) is 18.3 Å². The molecule has 17 heteroatoms. The van der Waals surface area contributed by atoms with Crippen LogP contribution in [0.3, 0.4) is 0 Å². The molecule has 62 heavy (non-hydrogen) atoms. The van der Waals surface area contributed by atoms with Gasteiger partial charge in [0.05, 0.1) is 50.4 Å². The van der Waals surface area contributed by atoms with Gasteiger partial charge in [0.1, 0.15) is 17.3 Å². The smallest absolute Gasteiger partial charge is 0.417 e. The van der Waals surface area contributed by atoms with Crippen molar-refractivity contribution < 1.29 is 40.6 Å². The van der Waals surface area contributed by atoms with Crippen LogP contribution < -0.4 is 19.3 Å². The van der Waals surface area contributed by atoms with Crippen molar-refractivity contribution in [3.63, 3.8) is 0 Å². The molecule has 1 amide bonds. The minimum atomic E-state index is -4.83. The van der Waals surface area contributed by atoms with E-state index in [1.165, 1.54) is 24.0 Å². The van der Waals surface area contributed by atoms with Crippen molar-refractivity contribution in [2.45, 2.75) is 76.9 Å². The predicted octanol–water partition coefficient (Wildman–Crippen LogP) is 6.93. The van der Waals surface area contributed by atoms with E-state index in [0.717, 1.165) is 23.1 Å². The van der Waals surface area contributed by atoms with E-state index >= 15 is 13.2 Å². The van der Waals surface area contributed by atoms with Gasteiger partial charge in [-0.1, -0.05) is 30.2 Å². The fraction of sp³-hybridized carbons (Fsp3) is 0.378. The highest BCUT2D eigenvalue weighted by Gasteiger charge is 2.41. The van der Waals surface area contributed by atoms with Gasteiger partial charge < -0.3 is 28.9 Å². The number of fused-ring (bicyclic) bond motifs is 2. The summed E-state index contributed by atoms with van der Waals surface area (Å²) in [5.74, 6) is 6.78. The van der Waals surface area contributed by atoms with Crippen LogP contribution in [0.25, 0.3) is 0 Å². The van der Waals surface area contributed by atoms with Crippen LogP contribution in [0.5, 0.6) is 11.5 Å². The Kier molecular flexibility index (Phi) is 12.5. The Hall–Kier alpha value is -6.12. The zero-order valence-corrected chi connectivity index (χ0v) is 36.4. The van der Waals surface area contributed by atoms with Gasteiger partial charge in [0, 0.05) is 75.3 Å². The number of methoxy groups -OCH3 is 2. The second kappa shape index (κ2) is 17.7. The van der Waals surface area contributed by atoms with Crippen molar-refractivity contribution >= 4 is 27.2 Å². The van der Waals surface area contributed by atoms with Gasteiger partial charge in [-0.25, -0.2) is 18.4 Å². The van der Waals surface area contributed by atoms with Crippen LogP contribution in [0.4, 0.5) is 24.7 Å². The normalized spacial score (nSPS) is 15.1. The second-order valence-corrected chi connectivity index (χ2v) is 17.4. The predicted molar refractivity (Wildman–Crippen MR) is 227 cm³/mol. The third kappa shape index (κ3) is 9.21. The third-order valence-corrected chi connectivity index (χ3v) is 11.9. The molecule has 0 saturated heterocycles. The summed E-state index contributed by atoms with van der Waals surface area (Å²) in [4.78, 5) is 27.3. The van der Waals surface area contributed by atoms with Gasteiger partial charge in [0.15, 0.2) is 5.69 Å². The Bertz CT molecular complexity index is 2610. The first-order valence-corrected chi connectivity index (χ1v) is 21.8. The van der Waals surface area contributed by atoms with Crippen LogP contribution in [-0.4, -0.2) is 80.1 Å². The first-order valence-electron chi connectivity index (χ1n) is 19.9. The monoisotopic (exact) mass is 871 g/mol. The topological polar surface area (TPSA) is 132 Å². The van der Waals surface area contributed by atoms with Gasteiger partial charge in [-0.15, -0.1) is 5.92 Å². The molecule has 7 rings (SSSR count). The number of aryl methyl sites for hydroxylation is 1. The van der Waals surface area contributed by atoms with E-state index in [-0.39, 0.29) is 42.3 Å². The molecule has 13 nitrogen and oxygen atoms in total. The van der Waals surface area contributed by atoms with Crippen molar-refractivity contribution in [1.82, 2.24) is 24.6 Å². The molecule has 326 valence electrons. The average Bonchev–Trinajstić information content (AvgIpc) is 3.39. The molecule has 0 fully saturated rings. The van der Waals surface area contributed by atoms with Crippen molar-refractivity contribution in [1.29, 1.82) is 0 Å². The number of ether oxygens (including phenoxy) is 3. The fourth-order valence-corrected chi connectivity index (χ4v) is 8.40. The molecule has 0 bridgehead atoms. The molecule has 0 saturated carbocycles. The lowest BCUT2D eigenvalue weighted by molar-refractivity contribution is -0.140. The Morgan fingerprint density at radius 1 is 0.968 bits per heavy atom. The average molecular weight is 872 g/mol. The van der Waals surface area contributed by atoms with Crippen molar-refractivity contribution in [2.24, 2.45) is 0 Å². The lowest BCUT2D eigenvalue weighted by Crippen LogP contribution is -2.30. The molecule has 0 N–H and O–H groups in total. The molecule has 2 aliphatic rings. The van der Waals surface area contributed by atoms with E-state index < -0.39 is 32.8 Å². The Morgan fingerprint density at radius 3 is 2.15 bits per heavy atom. The fourth-order valence-electron chi connectivity index (χ4n) is 7.87.